The molecular formula is C16H13ClN2O4S. The van der Waals surface area contributed by atoms with Gasteiger partial charge in [0.1, 0.15) is 11.1 Å². The van der Waals surface area contributed by atoms with Crippen LogP contribution in [0, 0.1) is 10.1 Å². The van der Waals surface area contributed by atoms with Crippen molar-refractivity contribution in [1.29, 1.82) is 0 Å². The van der Waals surface area contributed by atoms with Gasteiger partial charge in [-0.2, -0.15) is 0 Å². The molecule has 1 saturated heterocycles. The third kappa shape index (κ3) is 2.92. The molecule has 0 spiro atoms. The quantitative estimate of drug-likeness (QED) is 0.604. The summed E-state index contributed by atoms with van der Waals surface area (Å²) in [5, 5.41) is 11.3. The Balaban J connectivity index is 2.12. The second-order valence-electron chi connectivity index (χ2n) is 5.06. The summed E-state index contributed by atoms with van der Waals surface area (Å²) < 4.78 is 5.33. The number of nitro benzene ring substituents is 1. The minimum absolute atomic E-state index is 0.0179. The Kier molecular flexibility index (Phi) is 4.64. The number of amides is 1. The Morgan fingerprint density at radius 1 is 1.33 bits per heavy atom. The molecule has 24 heavy (non-hydrogen) atoms. The number of thioether (sulfide) groups is 1. The van der Waals surface area contributed by atoms with E-state index in [0.29, 0.717) is 22.0 Å². The lowest BCUT2D eigenvalue weighted by Gasteiger charge is -2.25. The number of halogens is 1. The molecule has 2 aromatic rings. The summed E-state index contributed by atoms with van der Waals surface area (Å²) in [6.45, 7) is 0. The first kappa shape index (κ1) is 16.6. The first-order valence-electron chi connectivity index (χ1n) is 7.03. The number of methoxy groups -OCH3 is 1. The van der Waals surface area contributed by atoms with Crippen LogP contribution in [0.2, 0.25) is 5.02 Å². The first-order valence-corrected chi connectivity index (χ1v) is 8.46. The molecule has 0 N–H and O–H groups in total. The van der Waals surface area contributed by atoms with E-state index in [4.69, 9.17) is 16.3 Å². The van der Waals surface area contributed by atoms with Crippen LogP contribution in [0.4, 0.5) is 11.4 Å². The molecule has 1 aliphatic heterocycles. The molecule has 1 amide bonds. The van der Waals surface area contributed by atoms with Gasteiger partial charge in [0.25, 0.3) is 5.69 Å². The first-order chi connectivity index (χ1) is 11.5. The molecule has 0 aliphatic carbocycles. The highest BCUT2D eigenvalue weighted by Gasteiger charge is 2.38. The summed E-state index contributed by atoms with van der Waals surface area (Å²) >= 11 is 7.40. The van der Waals surface area contributed by atoms with E-state index >= 15 is 0 Å². The van der Waals surface area contributed by atoms with Crippen molar-refractivity contribution in [3.05, 3.63) is 63.2 Å². The van der Waals surface area contributed by atoms with Crippen LogP contribution in [-0.4, -0.2) is 23.7 Å². The largest absolute Gasteiger partial charge is 0.495 e. The molecule has 1 atom stereocenters. The van der Waals surface area contributed by atoms with Gasteiger partial charge in [-0.15, -0.1) is 11.8 Å². The standard InChI is InChI=1S/C16H13ClN2O4S/c1-23-14-7-6-10(17)8-13(14)18-15(20)9-24-16(18)11-4-2-3-5-12(11)19(21)22/h2-8,16H,9H2,1H3/t16-/m0/s1. The van der Waals surface area contributed by atoms with E-state index in [0.717, 1.165) is 0 Å². The van der Waals surface area contributed by atoms with Crippen molar-refractivity contribution >= 4 is 40.6 Å². The predicted molar refractivity (Wildman–Crippen MR) is 93.8 cm³/mol. The monoisotopic (exact) mass is 364 g/mol. The molecule has 1 fully saturated rings. The number of nitro groups is 1. The number of benzene rings is 2. The number of rotatable bonds is 4. The fourth-order valence-corrected chi connectivity index (χ4v) is 3.99. The van der Waals surface area contributed by atoms with Crippen molar-refractivity contribution in [1.82, 2.24) is 0 Å². The lowest BCUT2D eigenvalue weighted by Crippen LogP contribution is -2.28. The van der Waals surface area contributed by atoms with Crippen LogP contribution in [0.15, 0.2) is 42.5 Å². The van der Waals surface area contributed by atoms with E-state index in [2.05, 4.69) is 0 Å². The van der Waals surface area contributed by atoms with Gasteiger partial charge in [0, 0.05) is 11.1 Å². The topological polar surface area (TPSA) is 72.7 Å². The Labute approximate surface area is 147 Å². The van der Waals surface area contributed by atoms with Crippen LogP contribution in [0.5, 0.6) is 5.75 Å². The molecule has 2 aromatic carbocycles. The minimum Gasteiger partial charge on any atom is -0.495 e. The van der Waals surface area contributed by atoms with Gasteiger partial charge in [0.2, 0.25) is 5.91 Å². The van der Waals surface area contributed by atoms with E-state index < -0.39 is 10.3 Å². The summed E-state index contributed by atoms with van der Waals surface area (Å²) in [7, 11) is 1.50. The van der Waals surface area contributed by atoms with Gasteiger partial charge in [-0.3, -0.25) is 19.8 Å². The zero-order chi connectivity index (χ0) is 17.3. The van der Waals surface area contributed by atoms with Gasteiger partial charge in [0.15, 0.2) is 0 Å². The number of hydrogen-bond acceptors (Lipinski definition) is 5. The predicted octanol–water partition coefficient (Wildman–Crippen LogP) is 4.04. The summed E-state index contributed by atoms with van der Waals surface area (Å²) in [5.74, 6) is 0.564. The molecule has 0 radical (unpaired) electrons. The highest BCUT2D eigenvalue weighted by atomic mass is 35.5. The Hall–Kier alpha value is -2.25. The van der Waals surface area contributed by atoms with E-state index in [-0.39, 0.29) is 17.3 Å². The highest BCUT2D eigenvalue weighted by molar-refractivity contribution is 8.00. The van der Waals surface area contributed by atoms with Crippen molar-refractivity contribution in [2.45, 2.75) is 5.37 Å². The van der Waals surface area contributed by atoms with Gasteiger partial charge >= 0.3 is 0 Å². The fourth-order valence-electron chi connectivity index (χ4n) is 2.63. The lowest BCUT2D eigenvalue weighted by molar-refractivity contribution is -0.385. The molecule has 8 heteroatoms. The number of carbonyl (C=O) groups is 1. The maximum atomic E-state index is 12.5. The van der Waals surface area contributed by atoms with E-state index in [1.807, 2.05) is 0 Å². The van der Waals surface area contributed by atoms with Crippen LogP contribution >= 0.6 is 23.4 Å². The number of nitrogens with zero attached hydrogens (tertiary/aromatic N) is 2. The van der Waals surface area contributed by atoms with Crippen molar-refractivity contribution in [3.8, 4) is 5.75 Å². The van der Waals surface area contributed by atoms with Gasteiger partial charge in [-0.05, 0) is 24.3 Å². The summed E-state index contributed by atoms with van der Waals surface area (Å²) in [6.07, 6.45) is 0. The minimum atomic E-state index is -0.508. The van der Waals surface area contributed by atoms with Gasteiger partial charge < -0.3 is 4.74 Å². The number of carbonyl (C=O) groups excluding carboxylic acids is 1. The average molecular weight is 365 g/mol. The number of hydrogen-bond donors (Lipinski definition) is 0. The van der Waals surface area contributed by atoms with Crippen molar-refractivity contribution in [2.75, 3.05) is 17.8 Å². The molecule has 0 saturated carbocycles. The maximum absolute atomic E-state index is 12.5. The van der Waals surface area contributed by atoms with Crippen LogP contribution in [0.25, 0.3) is 0 Å². The van der Waals surface area contributed by atoms with Gasteiger partial charge in [-0.1, -0.05) is 23.7 Å². The molecule has 0 unspecified atom stereocenters. The Morgan fingerprint density at radius 3 is 2.79 bits per heavy atom. The van der Waals surface area contributed by atoms with Crippen LogP contribution < -0.4 is 9.64 Å². The fraction of sp³-hybridized carbons (Fsp3) is 0.188. The smallest absolute Gasteiger partial charge is 0.275 e. The lowest BCUT2D eigenvalue weighted by atomic mass is 10.1. The van der Waals surface area contributed by atoms with Crippen LogP contribution in [-0.2, 0) is 4.79 Å². The zero-order valence-electron chi connectivity index (χ0n) is 12.6. The molecular weight excluding hydrogens is 352 g/mol. The zero-order valence-corrected chi connectivity index (χ0v) is 14.2. The second-order valence-corrected chi connectivity index (χ2v) is 6.56. The number of anilines is 1. The van der Waals surface area contributed by atoms with Crippen LogP contribution in [0.1, 0.15) is 10.9 Å². The third-order valence-corrected chi connectivity index (χ3v) is 5.10. The third-order valence-electron chi connectivity index (χ3n) is 3.67. The summed E-state index contributed by atoms with van der Waals surface area (Å²) in [4.78, 5) is 24.9. The maximum Gasteiger partial charge on any atom is 0.275 e. The Morgan fingerprint density at radius 2 is 2.08 bits per heavy atom. The second kappa shape index (κ2) is 6.70. The molecule has 1 aliphatic rings. The van der Waals surface area contributed by atoms with Crippen molar-refractivity contribution < 1.29 is 14.5 Å². The summed E-state index contributed by atoms with van der Waals surface area (Å²) in [5.41, 5.74) is 0.958. The molecule has 1 heterocycles. The van der Waals surface area contributed by atoms with E-state index in [1.54, 1.807) is 36.4 Å². The normalized spacial score (nSPS) is 17.2. The van der Waals surface area contributed by atoms with Gasteiger partial charge in [-0.25, -0.2) is 0 Å². The SMILES string of the molecule is COc1ccc(Cl)cc1N1C(=O)CS[C@H]1c1ccccc1[N+](=O)[O-]. The van der Waals surface area contributed by atoms with Gasteiger partial charge in [0.05, 0.1) is 29.0 Å². The van der Waals surface area contributed by atoms with E-state index in [9.17, 15) is 14.9 Å². The van der Waals surface area contributed by atoms with E-state index in [1.165, 1.54) is 29.8 Å². The number of para-hydroxylation sites is 1. The van der Waals surface area contributed by atoms with Crippen molar-refractivity contribution in [2.24, 2.45) is 0 Å². The summed E-state index contributed by atoms with van der Waals surface area (Å²) in [6, 6.07) is 11.4. The molecule has 3 rings (SSSR count). The van der Waals surface area contributed by atoms with Crippen molar-refractivity contribution in [3.63, 3.8) is 0 Å². The molecule has 124 valence electrons. The molecule has 6 nitrogen and oxygen atoms in total. The van der Waals surface area contributed by atoms with Crippen LogP contribution in [0.3, 0.4) is 0 Å². The molecule has 0 aromatic heterocycles. The average Bonchev–Trinajstić information content (AvgIpc) is 2.96. The highest BCUT2D eigenvalue weighted by Crippen LogP contribution is 2.47. The Bertz CT molecular complexity index is 814. The number of ether oxygens (including phenoxy) is 1. The molecule has 0 bridgehead atoms.